The zero-order chi connectivity index (χ0) is 16.6. The van der Waals surface area contributed by atoms with E-state index in [-0.39, 0.29) is 5.78 Å². The number of pyridine rings is 1. The molecule has 23 heavy (non-hydrogen) atoms. The van der Waals surface area contributed by atoms with Crippen LogP contribution in [0.3, 0.4) is 0 Å². The molecule has 0 aliphatic heterocycles. The number of nitrogens with one attached hydrogen (secondary N) is 1. The molecule has 0 saturated heterocycles. The summed E-state index contributed by atoms with van der Waals surface area (Å²) in [6.07, 6.45) is 1.62. The average molecular weight is 415 g/mol. The van der Waals surface area contributed by atoms with Crippen molar-refractivity contribution in [3.8, 4) is 0 Å². The van der Waals surface area contributed by atoms with Gasteiger partial charge in [0.15, 0.2) is 5.78 Å². The second kappa shape index (κ2) is 6.60. The van der Waals surface area contributed by atoms with Crippen molar-refractivity contribution in [3.63, 3.8) is 0 Å². The number of hydrogen-bond donors (Lipinski definition) is 2. The first kappa shape index (κ1) is 16.4. The van der Waals surface area contributed by atoms with E-state index < -0.39 is 6.04 Å². The van der Waals surface area contributed by atoms with E-state index in [4.69, 9.17) is 21.8 Å². The standard InChI is InChI=1S/C15H13BrClN3O2S/c1-7(18)13(21)15-11(16)12-14(23-15)9(5-10(17)20-12)19-6-8-3-2-4-22-8/h2-5,7H,6,18H2,1H3,(H,19,20). The number of halogens is 2. The first-order chi connectivity index (χ1) is 11.0. The third kappa shape index (κ3) is 3.28. The van der Waals surface area contributed by atoms with Crippen molar-refractivity contribution >= 4 is 60.6 Å². The van der Waals surface area contributed by atoms with Crippen LogP contribution in [0.25, 0.3) is 10.2 Å². The van der Waals surface area contributed by atoms with Gasteiger partial charge in [0.1, 0.15) is 10.9 Å². The molecule has 0 aliphatic rings. The Hall–Kier alpha value is -1.41. The van der Waals surface area contributed by atoms with Crippen LogP contribution in [-0.2, 0) is 6.54 Å². The van der Waals surface area contributed by atoms with Crippen molar-refractivity contribution in [1.29, 1.82) is 0 Å². The molecule has 8 heteroatoms. The summed E-state index contributed by atoms with van der Waals surface area (Å²) in [4.78, 5) is 17.1. The molecule has 0 aromatic carbocycles. The van der Waals surface area contributed by atoms with Gasteiger partial charge in [-0.25, -0.2) is 4.98 Å². The lowest BCUT2D eigenvalue weighted by atomic mass is 10.2. The van der Waals surface area contributed by atoms with Gasteiger partial charge >= 0.3 is 0 Å². The van der Waals surface area contributed by atoms with Gasteiger partial charge in [0, 0.05) is 6.07 Å². The predicted octanol–water partition coefficient (Wildman–Crippen LogP) is 4.45. The number of ketones is 1. The van der Waals surface area contributed by atoms with E-state index in [0.29, 0.717) is 26.6 Å². The minimum Gasteiger partial charge on any atom is -0.467 e. The largest absolute Gasteiger partial charge is 0.467 e. The van der Waals surface area contributed by atoms with E-state index in [1.807, 2.05) is 12.1 Å². The van der Waals surface area contributed by atoms with Crippen molar-refractivity contribution in [2.24, 2.45) is 5.73 Å². The molecule has 0 amide bonds. The molecule has 0 aliphatic carbocycles. The van der Waals surface area contributed by atoms with Gasteiger partial charge in [0.2, 0.25) is 0 Å². The van der Waals surface area contributed by atoms with E-state index in [0.717, 1.165) is 16.1 Å². The Balaban J connectivity index is 2.03. The van der Waals surface area contributed by atoms with Gasteiger partial charge < -0.3 is 15.5 Å². The maximum absolute atomic E-state index is 12.2. The minimum absolute atomic E-state index is 0.131. The summed E-state index contributed by atoms with van der Waals surface area (Å²) in [5, 5.41) is 3.61. The summed E-state index contributed by atoms with van der Waals surface area (Å²) in [5.74, 6) is 0.668. The molecule has 1 atom stereocenters. The Kier molecular flexibility index (Phi) is 4.72. The monoisotopic (exact) mass is 413 g/mol. The van der Waals surface area contributed by atoms with E-state index in [9.17, 15) is 4.79 Å². The van der Waals surface area contributed by atoms with Crippen molar-refractivity contribution in [2.45, 2.75) is 19.5 Å². The minimum atomic E-state index is -0.575. The lowest BCUT2D eigenvalue weighted by Gasteiger charge is -2.06. The number of nitrogens with zero attached hydrogens (tertiary/aromatic N) is 1. The second-order valence-corrected chi connectivity index (χ2v) is 7.20. The van der Waals surface area contributed by atoms with E-state index >= 15 is 0 Å². The van der Waals surface area contributed by atoms with Gasteiger partial charge in [0.05, 0.1) is 44.1 Å². The Bertz CT molecular complexity index is 861. The third-order valence-corrected chi connectivity index (χ3v) is 5.68. The molecule has 5 nitrogen and oxygen atoms in total. The predicted molar refractivity (Wildman–Crippen MR) is 96.3 cm³/mol. The van der Waals surface area contributed by atoms with Crippen molar-refractivity contribution in [2.75, 3.05) is 5.32 Å². The van der Waals surface area contributed by atoms with Gasteiger partial charge in [-0.1, -0.05) is 11.6 Å². The summed E-state index contributed by atoms with van der Waals surface area (Å²) in [7, 11) is 0. The van der Waals surface area contributed by atoms with Crippen LogP contribution in [0.15, 0.2) is 33.4 Å². The highest BCUT2D eigenvalue weighted by molar-refractivity contribution is 9.10. The van der Waals surface area contributed by atoms with Crippen LogP contribution in [0, 0.1) is 0 Å². The Morgan fingerprint density at radius 2 is 2.39 bits per heavy atom. The number of furan rings is 1. The number of anilines is 1. The normalized spacial score (nSPS) is 12.5. The van der Waals surface area contributed by atoms with Gasteiger partial charge in [-0.2, -0.15) is 0 Å². The van der Waals surface area contributed by atoms with Gasteiger partial charge in [-0.15, -0.1) is 11.3 Å². The van der Waals surface area contributed by atoms with Crippen LogP contribution in [0.1, 0.15) is 22.4 Å². The fraction of sp³-hybridized carbons (Fsp3) is 0.200. The fourth-order valence-corrected chi connectivity index (χ4v) is 4.31. The molecule has 3 N–H and O–H groups in total. The van der Waals surface area contributed by atoms with Crippen molar-refractivity contribution in [3.05, 3.63) is 44.7 Å². The van der Waals surface area contributed by atoms with E-state index in [2.05, 4.69) is 26.2 Å². The first-order valence-corrected chi connectivity index (χ1v) is 8.80. The maximum atomic E-state index is 12.2. The Morgan fingerprint density at radius 1 is 1.61 bits per heavy atom. The summed E-state index contributed by atoms with van der Waals surface area (Å²) in [5.41, 5.74) is 7.16. The van der Waals surface area contributed by atoms with E-state index in [1.165, 1.54) is 11.3 Å². The highest BCUT2D eigenvalue weighted by Gasteiger charge is 2.22. The SMILES string of the molecule is CC(N)C(=O)c1sc2c(NCc3ccco3)cc(Cl)nc2c1Br. The van der Waals surface area contributed by atoms with E-state index in [1.54, 1.807) is 19.3 Å². The molecule has 0 fully saturated rings. The van der Waals surface area contributed by atoms with Crippen LogP contribution in [-0.4, -0.2) is 16.8 Å². The molecular formula is C15H13BrClN3O2S. The summed E-state index contributed by atoms with van der Waals surface area (Å²) < 4.78 is 6.78. The zero-order valence-corrected chi connectivity index (χ0v) is 15.3. The number of hydrogen-bond acceptors (Lipinski definition) is 6. The van der Waals surface area contributed by atoms with Crippen molar-refractivity contribution < 1.29 is 9.21 Å². The first-order valence-electron chi connectivity index (χ1n) is 6.82. The Labute approximate surface area is 150 Å². The molecular weight excluding hydrogens is 402 g/mol. The summed E-state index contributed by atoms with van der Waals surface area (Å²) in [6, 6.07) is 4.86. The molecule has 0 bridgehead atoms. The van der Waals surface area contributed by atoms with Gasteiger partial charge in [-0.3, -0.25) is 4.79 Å². The molecule has 3 rings (SSSR count). The number of rotatable bonds is 5. The molecule has 3 aromatic heterocycles. The Morgan fingerprint density at radius 3 is 3.04 bits per heavy atom. The fourth-order valence-electron chi connectivity index (χ4n) is 2.10. The number of fused-ring (bicyclic) bond motifs is 1. The third-order valence-electron chi connectivity index (χ3n) is 3.22. The van der Waals surface area contributed by atoms with Gasteiger partial charge in [-0.05, 0) is 35.0 Å². The molecule has 3 aromatic rings. The van der Waals surface area contributed by atoms with Crippen LogP contribution < -0.4 is 11.1 Å². The highest BCUT2D eigenvalue weighted by Crippen LogP contribution is 2.40. The topological polar surface area (TPSA) is 81.2 Å². The lowest BCUT2D eigenvalue weighted by Crippen LogP contribution is -2.26. The smallest absolute Gasteiger partial charge is 0.190 e. The highest BCUT2D eigenvalue weighted by atomic mass is 79.9. The summed E-state index contributed by atoms with van der Waals surface area (Å²) in [6.45, 7) is 2.17. The number of carbonyl (C=O) groups is 1. The number of carbonyl (C=O) groups excluding carboxylic acids is 1. The average Bonchev–Trinajstić information content (AvgIpc) is 3.13. The number of thiophene rings is 1. The second-order valence-electron chi connectivity index (χ2n) is 5.00. The molecule has 0 saturated carbocycles. The molecule has 0 radical (unpaired) electrons. The van der Waals surface area contributed by atoms with Crippen molar-refractivity contribution in [1.82, 2.24) is 4.98 Å². The molecule has 3 heterocycles. The van der Waals surface area contributed by atoms with Crippen LogP contribution in [0.4, 0.5) is 5.69 Å². The lowest BCUT2D eigenvalue weighted by molar-refractivity contribution is 0.0971. The number of nitrogens with two attached hydrogens (primary N) is 1. The van der Waals surface area contributed by atoms with Crippen LogP contribution in [0.5, 0.6) is 0 Å². The molecule has 0 spiro atoms. The number of Topliss-reactive ketones (excluding diaryl/α,β-unsaturated/α-hetero) is 1. The van der Waals surface area contributed by atoms with Gasteiger partial charge in [0.25, 0.3) is 0 Å². The maximum Gasteiger partial charge on any atom is 0.190 e. The van der Waals surface area contributed by atoms with Crippen LogP contribution >= 0.6 is 38.9 Å². The zero-order valence-electron chi connectivity index (χ0n) is 12.1. The number of aromatic nitrogens is 1. The summed E-state index contributed by atoms with van der Waals surface area (Å²) >= 11 is 10.9. The quantitative estimate of drug-likeness (QED) is 0.476. The molecule has 120 valence electrons. The van der Waals surface area contributed by atoms with Crippen LogP contribution in [0.2, 0.25) is 5.15 Å². The molecule has 1 unspecified atom stereocenters.